The molecule has 1 amide bonds. The molecule has 0 heterocycles. The molecule has 0 aromatic heterocycles. The van der Waals surface area contributed by atoms with E-state index in [1.807, 2.05) is 37.3 Å². The highest BCUT2D eigenvalue weighted by Crippen LogP contribution is 2.11. The summed E-state index contributed by atoms with van der Waals surface area (Å²) >= 11 is 0. The zero-order valence-electron chi connectivity index (χ0n) is 9.65. The maximum atomic E-state index is 11.5. The fraction of sp³-hybridized carbons (Fsp3) is 0.462. The molecule has 1 rings (SSSR count). The summed E-state index contributed by atoms with van der Waals surface area (Å²) in [6.07, 6.45) is 1.91. The van der Waals surface area contributed by atoms with Gasteiger partial charge in [0.25, 0.3) is 0 Å². The van der Waals surface area contributed by atoms with Crippen molar-refractivity contribution in [3.05, 3.63) is 35.9 Å². The van der Waals surface area contributed by atoms with Crippen LogP contribution in [0.2, 0.25) is 0 Å². The van der Waals surface area contributed by atoms with Crippen molar-refractivity contribution in [3.8, 4) is 0 Å². The van der Waals surface area contributed by atoms with Gasteiger partial charge in [-0.3, -0.25) is 4.79 Å². The molecule has 0 aliphatic rings. The van der Waals surface area contributed by atoms with Gasteiger partial charge in [-0.25, -0.2) is 0 Å². The van der Waals surface area contributed by atoms with E-state index in [2.05, 4.69) is 5.32 Å². The summed E-state index contributed by atoms with van der Waals surface area (Å²) in [6, 6.07) is 9.92. The van der Waals surface area contributed by atoms with Gasteiger partial charge in [-0.05, 0) is 25.3 Å². The Hall–Kier alpha value is -1.35. The van der Waals surface area contributed by atoms with Crippen LogP contribution in [0.3, 0.4) is 0 Å². The van der Waals surface area contributed by atoms with E-state index in [1.54, 1.807) is 0 Å². The lowest BCUT2D eigenvalue weighted by atomic mass is 10.1. The normalized spacial score (nSPS) is 12.1. The van der Waals surface area contributed by atoms with Gasteiger partial charge < -0.3 is 10.4 Å². The Morgan fingerprint density at radius 1 is 1.31 bits per heavy atom. The van der Waals surface area contributed by atoms with Gasteiger partial charge in [-0.2, -0.15) is 0 Å². The zero-order valence-corrected chi connectivity index (χ0v) is 9.65. The van der Waals surface area contributed by atoms with E-state index in [4.69, 9.17) is 5.11 Å². The molecule has 2 N–H and O–H groups in total. The van der Waals surface area contributed by atoms with E-state index in [-0.39, 0.29) is 18.6 Å². The van der Waals surface area contributed by atoms with Gasteiger partial charge in [0.1, 0.15) is 0 Å². The third-order valence-electron chi connectivity index (χ3n) is 2.49. The lowest BCUT2D eigenvalue weighted by Crippen LogP contribution is -2.26. The molecule has 0 aliphatic carbocycles. The van der Waals surface area contributed by atoms with Gasteiger partial charge in [-0.1, -0.05) is 30.3 Å². The first-order valence-electron chi connectivity index (χ1n) is 5.69. The molecule has 1 aromatic carbocycles. The Kier molecular flexibility index (Phi) is 5.57. The molecule has 88 valence electrons. The van der Waals surface area contributed by atoms with E-state index in [1.165, 1.54) is 0 Å². The van der Waals surface area contributed by atoms with Crippen LogP contribution in [0.1, 0.15) is 37.8 Å². The van der Waals surface area contributed by atoms with Crippen molar-refractivity contribution in [1.82, 2.24) is 5.32 Å². The fourth-order valence-electron chi connectivity index (χ4n) is 1.54. The first kappa shape index (κ1) is 12.7. The topological polar surface area (TPSA) is 49.3 Å². The van der Waals surface area contributed by atoms with Gasteiger partial charge in [0.15, 0.2) is 0 Å². The van der Waals surface area contributed by atoms with Crippen LogP contribution in [0.15, 0.2) is 30.3 Å². The molecule has 0 aliphatic heterocycles. The Labute approximate surface area is 96.5 Å². The quantitative estimate of drug-likeness (QED) is 0.722. The molecule has 0 unspecified atom stereocenters. The van der Waals surface area contributed by atoms with Gasteiger partial charge in [0.05, 0.1) is 6.04 Å². The van der Waals surface area contributed by atoms with Crippen LogP contribution in [0.4, 0.5) is 0 Å². The summed E-state index contributed by atoms with van der Waals surface area (Å²) in [7, 11) is 0. The number of carbonyl (C=O) groups excluding carboxylic acids is 1. The number of unbranched alkanes of at least 4 members (excludes halogenated alkanes) is 1. The standard InChI is InChI=1S/C13H19NO2/c1-11(12-7-3-2-4-8-12)14-13(16)9-5-6-10-15/h2-4,7-8,11,15H,5-6,9-10H2,1H3,(H,14,16)/t11-/m1/s1. The van der Waals surface area contributed by atoms with Gasteiger partial charge in [0, 0.05) is 13.0 Å². The second kappa shape index (κ2) is 7.01. The van der Waals surface area contributed by atoms with Gasteiger partial charge in [-0.15, -0.1) is 0 Å². The van der Waals surface area contributed by atoms with Crippen molar-refractivity contribution in [2.45, 2.75) is 32.2 Å². The highest BCUT2D eigenvalue weighted by molar-refractivity contribution is 5.76. The number of aliphatic hydroxyl groups is 1. The maximum absolute atomic E-state index is 11.5. The van der Waals surface area contributed by atoms with Crippen molar-refractivity contribution in [2.24, 2.45) is 0 Å². The third kappa shape index (κ3) is 4.45. The molecular weight excluding hydrogens is 202 g/mol. The second-order valence-electron chi connectivity index (χ2n) is 3.88. The molecule has 16 heavy (non-hydrogen) atoms. The summed E-state index contributed by atoms with van der Waals surface area (Å²) in [6.45, 7) is 2.13. The Bertz CT molecular complexity index is 311. The number of benzene rings is 1. The summed E-state index contributed by atoms with van der Waals surface area (Å²) < 4.78 is 0. The number of hydrogen-bond acceptors (Lipinski definition) is 2. The van der Waals surface area contributed by atoms with Crippen LogP contribution >= 0.6 is 0 Å². The van der Waals surface area contributed by atoms with E-state index in [0.29, 0.717) is 12.8 Å². The van der Waals surface area contributed by atoms with Gasteiger partial charge >= 0.3 is 0 Å². The number of aliphatic hydroxyl groups excluding tert-OH is 1. The average Bonchev–Trinajstić information content (AvgIpc) is 2.30. The van der Waals surface area contributed by atoms with E-state index in [9.17, 15) is 4.79 Å². The van der Waals surface area contributed by atoms with Crippen LogP contribution < -0.4 is 5.32 Å². The van der Waals surface area contributed by atoms with Crippen molar-refractivity contribution < 1.29 is 9.90 Å². The summed E-state index contributed by atoms with van der Waals surface area (Å²) in [5, 5.41) is 11.5. The predicted octanol–water partition coefficient (Wildman–Crippen LogP) is 2.03. The highest BCUT2D eigenvalue weighted by atomic mass is 16.2. The molecular formula is C13H19NO2. The lowest BCUT2D eigenvalue weighted by molar-refractivity contribution is -0.121. The van der Waals surface area contributed by atoms with E-state index < -0.39 is 0 Å². The zero-order chi connectivity index (χ0) is 11.8. The molecule has 0 saturated heterocycles. The molecule has 0 fully saturated rings. The number of amides is 1. The second-order valence-corrected chi connectivity index (χ2v) is 3.88. The lowest BCUT2D eigenvalue weighted by Gasteiger charge is -2.14. The van der Waals surface area contributed by atoms with Crippen molar-refractivity contribution in [3.63, 3.8) is 0 Å². The van der Waals surface area contributed by atoms with Crippen LogP contribution in [0.25, 0.3) is 0 Å². The average molecular weight is 221 g/mol. The Morgan fingerprint density at radius 3 is 2.62 bits per heavy atom. The molecule has 0 saturated carbocycles. The van der Waals surface area contributed by atoms with Crippen LogP contribution in [-0.2, 0) is 4.79 Å². The maximum Gasteiger partial charge on any atom is 0.220 e. The van der Waals surface area contributed by atoms with Crippen molar-refractivity contribution in [1.29, 1.82) is 0 Å². The molecule has 3 heteroatoms. The van der Waals surface area contributed by atoms with Crippen molar-refractivity contribution in [2.75, 3.05) is 6.61 Å². The number of rotatable bonds is 6. The first-order chi connectivity index (χ1) is 7.74. The molecule has 1 aromatic rings. The molecule has 0 bridgehead atoms. The largest absolute Gasteiger partial charge is 0.396 e. The summed E-state index contributed by atoms with van der Waals surface area (Å²) in [5.74, 6) is 0.0461. The molecule has 0 spiro atoms. The fourth-order valence-corrected chi connectivity index (χ4v) is 1.54. The van der Waals surface area contributed by atoms with Gasteiger partial charge in [0.2, 0.25) is 5.91 Å². The van der Waals surface area contributed by atoms with Crippen LogP contribution in [0.5, 0.6) is 0 Å². The summed E-state index contributed by atoms with van der Waals surface area (Å²) in [5.41, 5.74) is 1.11. The van der Waals surface area contributed by atoms with Crippen molar-refractivity contribution >= 4 is 5.91 Å². The smallest absolute Gasteiger partial charge is 0.220 e. The number of carbonyl (C=O) groups is 1. The number of hydrogen-bond donors (Lipinski definition) is 2. The molecule has 3 nitrogen and oxygen atoms in total. The highest BCUT2D eigenvalue weighted by Gasteiger charge is 2.08. The Balaban J connectivity index is 2.34. The number of nitrogens with one attached hydrogen (secondary N) is 1. The molecule has 1 atom stereocenters. The summed E-state index contributed by atoms with van der Waals surface area (Å²) in [4.78, 5) is 11.5. The van der Waals surface area contributed by atoms with Crippen LogP contribution in [0, 0.1) is 0 Å². The monoisotopic (exact) mass is 221 g/mol. The minimum atomic E-state index is 0.0443. The minimum Gasteiger partial charge on any atom is -0.396 e. The third-order valence-corrected chi connectivity index (χ3v) is 2.49. The molecule has 0 radical (unpaired) electrons. The van der Waals surface area contributed by atoms with E-state index in [0.717, 1.165) is 12.0 Å². The van der Waals surface area contributed by atoms with E-state index >= 15 is 0 Å². The minimum absolute atomic E-state index is 0.0443. The SMILES string of the molecule is C[C@@H](NC(=O)CCCCO)c1ccccc1. The predicted molar refractivity (Wildman–Crippen MR) is 63.9 cm³/mol. The first-order valence-corrected chi connectivity index (χ1v) is 5.69. The van der Waals surface area contributed by atoms with Crippen LogP contribution in [-0.4, -0.2) is 17.6 Å². The Morgan fingerprint density at radius 2 is 2.00 bits per heavy atom.